The standard InChI is InChI=1S/C21H22N2O3/c1-2-3-4-12-25-19-10-8-16(9-11-19)21(24)23-18-7-5-6-17(13-18)20-14-22-15-26-20/h5-11,13-15H,2-4,12H2,1H3,(H,23,24). The number of hydrogen-bond acceptors (Lipinski definition) is 4. The largest absolute Gasteiger partial charge is 0.494 e. The number of anilines is 1. The highest BCUT2D eigenvalue weighted by molar-refractivity contribution is 6.04. The third kappa shape index (κ3) is 4.72. The molecule has 1 N–H and O–H groups in total. The maximum atomic E-state index is 12.4. The van der Waals surface area contributed by atoms with Crippen LogP contribution in [-0.4, -0.2) is 17.5 Å². The van der Waals surface area contributed by atoms with Crippen LogP contribution in [0, 0.1) is 0 Å². The molecule has 1 heterocycles. The van der Waals surface area contributed by atoms with Gasteiger partial charge in [-0.15, -0.1) is 0 Å². The van der Waals surface area contributed by atoms with Gasteiger partial charge >= 0.3 is 0 Å². The molecule has 0 spiro atoms. The SMILES string of the molecule is CCCCCOc1ccc(C(=O)Nc2cccc(-c3cnco3)c2)cc1. The first-order chi connectivity index (χ1) is 12.8. The smallest absolute Gasteiger partial charge is 0.255 e. The van der Waals surface area contributed by atoms with Gasteiger partial charge in [-0.1, -0.05) is 31.9 Å². The lowest BCUT2D eigenvalue weighted by Crippen LogP contribution is -2.11. The lowest BCUT2D eigenvalue weighted by atomic mass is 10.1. The number of nitrogens with one attached hydrogen (secondary N) is 1. The number of amides is 1. The highest BCUT2D eigenvalue weighted by Crippen LogP contribution is 2.22. The van der Waals surface area contributed by atoms with Gasteiger partial charge in [0.1, 0.15) is 5.75 Å². The minimum absolute atomic E-state index is 0.169. The summed E-state index contributed by atoms with van der Waals surface area (Å²) in [4.78, 5) is 16.3. The zero-order chi connectivity index (χ0) is 18.2. The maximum absolute atomic E-state index is 12.4. The van der Waals surface area contributed by atoms with E-state index in [1.54, 1.807) is 18.3 Å². The Kier molecular flexibility index (Phi) is 6.04. The second-order valence-corrected chi connectivity index (χ2v) is 5.98. The van der Waals surface area contributed by atoms with E-state index < -0.39 is 0 Å². The Labute approximate surface area is 153 Å². The molecule has 0 saturated carbocycles. The van der Waals surface area contributed by atoms with Crippen LogP contribution in [0.1, 0.15) is 36.5 Å². The highest BCUT2D eigenvalue weighted by atomic mass is 16.5. The van der Waals surface area contributed by atoms with Crippen LogP contribution >= 0.6 is 0 Å². The molecule has 3 aromatic rings. The molecule has 0 aliphatic carbocycles. The third-order valence-electron chi connectivity index (χ3n) is 3.97. The van der Waals surface area contributed by atoms with Gasteiger partial charge < -0.3 is 14.5 Å². The normalized spacial score (nSPS) is 10.5. The number of aromatic nitrogens is 1. The number of unbranched alkanes of at least 4 members (excludes halogenated alkanes) is 2. The Morgan fingerprint density at radius 2 is 2.00 bits per heavy atom. The predicted molar refractivity (Wildman–Crippen MR) is 101 cm³/mol. The van der Waals surface area contributed by atoms with Crippen molar-refractivity contribution < 1.29 is 13.9 Å². The van der Waals surface area contributed by atoms with Crippen LogP contribution in [0.5, 0.6) is 5.75 Å². The summed E-state index contributed by atoms with van der Waals surface area (Å²) >= 11 is 0. The molecule has 26 heavy (non-hydrogen) atoms. The van der Waals surface area contributed by atoms with Crippen molar-refractivity contribution in [1.82, 2.24) is 4.98 Å². The van der Waals surface area contributed by atoms with Crippen molar-refractivity contribution in [2.24, 2.45) is 0 Å². The van der Waals surface area contributed by atoms with Crippen molar-refractivity contribution in [3.05, 3.63) is 66.7 Å². The molecule has 0 radical (unpaired) electrons. The van der Waals surface area contributed by atoms with Gasteiger partial charge in [-0.25, -0.2) is 4.98 Å². The molecule has 5 nitrogen and oxygen atoms in total. The van der Waals surface area contributed by atoms with Gasteiger partial charge in [0.05, 0.1) is 12.8 Å². The molecular formula is C21H22N2O3. The Morgan fingerprint density at radius 3 is 2.73 bits per heavy atom. The van der Waals surface area contributed by atoms with Crippen LogP contribution in [0.25, 0.3) is 11.3 Å². The summed E-state index contributed by atoms with van der Waals surface area (Å²) in [6, 6.07) is 14.6. The first-order valence-corrected chi connectivity index (χ1v) is 8.79. The van der Waals surface area contributed by atoms with Crippen LogP contribution in [-0.2, 0) is 0 Å². The molecule has 0 aliphatic heterocycles. The molecule has 1 aromatic heterocycles. The van der Waals surface area contributed by atoms with Crippen molar-refractivity contribution in [2.75, 3.05) is 11.9 Å². The van der Waals surface area contributed by atoms with E-state index in [4.69, 9.17) is 9.15 Å². The van der Waals surface area contributed by atoms with Gasteiger partial charge in [-0.05, 0) is 42.8 Å². The number of rotatable bonds is 8. The van der Waals surface area contributed by atoms with Crippen LogP contribution in [0.4, 0.5) is 5.69 Å². The van der Waals surface area contributed by atoms with Crippen molar-refractivity contribution in [1.29, 1.82) is 0 Å². The second-order valence-electron chi connectivity index (χ2n) is 5.98. The number of ether oxygens (including phenoxy) is 1. The molecule has 2 aromatic carbocycles. The van der Waals surface area contributed by atoms with E-state index in [-0.39, 0.29) is 5.91 Å². The fourth-order valence-corrected chi connectivity index (χ4v) is 2.56. The molecule has 0 bridgehead atoms. The minimum atomic E-state index is -0.169. The Hall–Kier alpha value is -3.08. The molecule has 0 aliphatic rings. The molecule has 1 amide bonds. The van der Waals surface area contributed by atoms with E-state index in [1.807, 2.05) is 36.4 Å². The first kappa shape index (κ1) is 17.7. The molecule has 3 rings (SSSR count). The molecular weight excluding hydrogens is 328 g/mol. The second kappa shape index (κ2) is 8.85. The van der Waals surface area contributed by atoms with Crippen molar-refractivity contribution in [2.45, 2.75) is 26.2 Å². The monoisotopic (exact) mass is 350 g/mol. The van der Waals surface area contributed by atoms with E-state index in [0.717, 1.165) is 24.2 Å². The van der Waals surface area contributed by atoms with E-state index >= 15 is 0 Å². The molecule has 134 valence electrons. The summed E-state index contributed by atoms with van der Waals surface area (Å²) in [5.41, 5.74) is 2.14. The Balaban J connectivity index is 1.60. The topological polar surface area (TPSA) is 64.4 Å². The summed E-state index contributed by atoms with van der Waals surface area (Å²) < 4.78 is 11.0. The predicted octanol–water partition coefficient (Wildman–Crippen LogP) is 5.16. The van der Waals surface area contributed by atoms with Crippen LogP contribution in [0.2, 0.25) is 0 Å². The maximum Gasteiger partial charge on any atom is 0.255 e. The highest BCUT2D eigenvalue weighted by Gasteiger charge is 2.08. The number of nitrogens with zero attached hydrogens (tertiary/aromatic N) is 1. The molecule has 0 saturated heterocycles. The zero-order valence-electron chi connectivity index (χ0n) is 14.8. The van der Waals surface area contributed by atoms with E-state index in [9.17, 15) is 4.79 Å². The number of carbonyl (C=O) groups is 1. The van der Waals surface area contributed by atoms with Crippen LogP contribution in [0.15, 0.2) is 65.5 Å². The molecule has 0 unspecified atom stereocenters. The lowest BCUT2D eigenvalue weighted by molar-refractivity contribution is 0.102. The third-order valence-corrected chi connectivity index (χ3v) is 3.97. The fraction of sp³-hybridized carbons (Fsp3) is 0.238. The average molecular weight is 350 g/mol. The van der Waals surface area contributed by atoms with Crippen LogP contribution in [0.3, 0.4) is 0 Å². The molecule has 0 atom stereocenters. The van der Waals surface area contributed by atoms with Gasteiger partial charge in [0.25, 0.3) is 5.91 Å². The van der Waals surface area contributed by atoms with E-state index in [2.05, 4.69) is 17.2 Å². The number of hydrogen-bond donors (Lipinski definition) is 1. The lowest BCUT2D eigenvalue weighted by Gasteiger charge is -2.08. The average Bonchev–Trinajstić information content (AvgIpc) is 3.21. The van der Waals surface area contributed by atoms with E-state index in [1.165, 1.54) is 12.8 Å². The van der Waals surface area contributed by atoms with E-state index in [0.29, 0.717) is 23.6 Å². The van der Waals surface area contributed by atoms with Crippen LogP contribution < -0.4 is 10.1 Å². The number of benzene rings is 2. The van der Waals surface area contributed by atoms with Gasteiger partial charge in [0, 0.05) is 16.8 Å². The summed E-state index contributed by atoms with van der Waals surface area (Å²) in [5, 5.41) is 2.90. The molecule has 5 heteroatoms. The number of carbonyl (C=O) groups excluding carboxylic acids is 1. The summed E-state index contributed by atoms with van der Waals surface area (Å²) in [6.45, 7) is 2.86. The van der Waals surface area contributed by atoms with Gasteiger partial charge in [0.15, 0.2) is 12.2 Å². The number of oxazole rings is 1. The summed E-state index contributed by atoms with van der Waals surface area (Å²) in [5.74, 6) is 1.27. The van der Waals surface area contributed by atoms with Crippen molar-refractivity contribution in [3.63, 3.8) is 0 Å². The van der Waals surface area contributed by atoms with Gasteiger partial charge in [-0.2, -0.15) is 0 Å². The summed E-state index contributed by atoms with van der Waals surface area (Å²) in [6.07, 6.45) is 6.39. The zero-order valence-corrected chi connectivity index (χ0v) is 14.8. The first-order valence-electron chi connectivity index (χ1n) is 8.79. The summed E-state index contributed by atoms with van der Waals surface area (Å²) in [7, 11) is 0. The van der Waals surface area contributed by atoms with Crippen molar-refractivity contribution >= 4 is 11.6 Å². The quantitative estimate of drug-likeness (QED) is 0.570. The Morgan fingerprint density at radius 1 is 1.15 bits per heavy atom. The minimum Gasteiger partial charge on any atom is -0.494 e. The van der Waals surface area contributed by atoms with Gasteiger partial charge in [-0.3, -0.25) is 4.79 Å². The fourth-order valence-electron chi connectivity index (χ4n) is 2.56. The van der Waals surface area contributed by atoms with Gasteiger partial charge in [0.2, 0.25) is 0 Å². The Bertz CT molecular complexity index is 827. The molecule has 0 fully saturated rings. The van der Waals surface area contributed by atoms with Crippen molar-refractivity contribution in [3.8, 4) is 17.1 Å².